The van der Waals surface area contributed by atoms with Crippen LogP contribution in [0, 0.1) is 5.92 Å². The van der Waals surface area contributed by atoms with Crippen molar-refractivity contribution in [3.63, 3.8) is 0 Å². The molecule has 0 aromatic rings. The summed E-state index contributed by atoms with van der Waals surface area (Å²) in [5.74, 6) is 0.792. The fourth-order valence-corrected chi connectivity index (χ4v) is 2.24. The van der Waals surface area contributed by atoms with Crippen molar-refractivity contribution in [2.75, 3.05) is 33.9 Å². The van der Waals surface area contributed by atoms with E-state index >= 15 is 0 Å². The summed E-state index contributed by atoms with van der Waals surface area (Å²) >= 11 is 0. The summed E-state index contributed by atoms with van der Waals surface area (Å²) in [6.07, 6.45) is 5.04. The zero-order valence-electron chi connectivity index (χ0n) is 10.6. The molecule has 0 aliphatic heterocycles. The topological polar surface area (TPSA) is 56.5 Å². The van der Waals surface area contributed by atoms with E-state index in [1.54, 1.807) is 14.2 Å². The van der Waals surface area contributed by atoms with Crippen molar-refractivity contribution in [2.24, 2.45) is 11.7 Å². The Bertz CT molecular complexity index is 170. The molecular weight excluding hydrogens is 204 g/mol. The molecule has 1 rings (SSSR count). The molecule has 0 radical (unpaired) electrons. The molecule has 0 aromatic carbocycles. The number of methoxy groups -OCH3 is 2. The Morgan fingerprint density at radius 1 is 1.25 bits per heavy atom. The Morgan fingerprint density at radius 2 is 1.94 bits per heavy atom. The average molecular weight is 230 g/mol. The Morgan fingerprint density at radius 3 is 2.50 bits per heavy atom. The quantitative estimate of drug-likeness (QED) is 0.678. The molecule has 0 spiro atoms. The summed E-state index contributed by atoms with van der Waals surface area (Å²) < 4.78 is 10.4. The van der Waals surface area contributed by atoms with Gasteiger partial charge in [0.1, 0.15) is 0 Å². The van der Waals surface area contributed by atoms with Crippen molar-refractivity contribution in [1.29, 1.82) is 0 Å². The van der Waals surface area contributed by atoms with E-state index in [1.165, 1.54) is 25.7 Å². The van der Waals surface area contributed by atoms with Crippen molar-refractivity contribution in [3.05, 3.63) is 0 Å². The lowest BCUT2D eigenvalue weighted by molar-refractivity contribution is 0.0282. The second kappa shape index (κ2) is 8.01. The lowest BCUT2D eigenvalue weighted by Gasteiger charge is -2.26. The molecule has 0 saturated heterocycles. The Balaban J connectivity index is 2.05. The van der Waals surface area contributed by atoms with Gasteiger partial charge in [0.25, 0.3) is 0 Å². The first-order chi connectivity index (χ1) is 7.76. The van der Waals surface area contributed by atoms with Crippen LogP contribution < -0.4 is 11.1 Å². The van der Waals surface area contributed by atoms with Gasteiger partial charge < -0.3 is 20.5 Å². The summed E-state index contributed by atoms with van der Waals surface area (Å²) in [4.78, 5) is 0. The van der Waals surface area contributed by atoms with Gasteiger partial charge in [-0.1, -0.05) is 0 Å². The maximum absolute atomic E-state index is 5.88. The minimum atomic E-state index is 0.163. The second-order valence-electron chi connectivity index (χ2n) is 4.75. The molecular formula is C12H26N2O2. The highest BCUT2D eigenvalue weighted by Gasteiger charge is 2.18. The highest BCUT2D eigenvalue weighted by Crippen LogP contribution is 2.22. The lowest BCUT2D eigenvalue weighted by Crippen LogP contribution is -2.36. The largest absolute Gasteiger partial charge is 0.382 e. The van der Waals surface area contributed by atoms with Gasteiger partial charge in [-0.2, -0.15) is 0 Å². The first kappa shape index (κ1) is 13.9. The molecule has 4 heteroatoms. The summed E-state index contributed by atoms with van der Waals surface area (Å²) in [6.45, 7) is 2.60. The molecule has 1 aliphatic carbocycles. The van der Waals surface area contributed by atoms with Gasteiger partial charge in [0.05, 0.1) is 12.7 Å². The highest BCUT2D eigenvalue weighted by atomic mass is 16.5. The monoisotopic (exact) mass is 230 g/mol. The molecule has 1 atom stereocenters. The summed E-state index contributed by atoms with van der Waals surface area (Å²) in [5, 5.41) is 3.46. The lowest BCUT2D eigenvalue weighted by atomic mass is 9.86. The summed E-state index contributed by atoms with van der Waals surface area (Å²) in [6, 6.07) is 0.441. The van der Waals surface area contributed by atoms with Crippen molar-refractivity contribution >= 4 is 0 Å². The maximum Gasteiger partial charge on any atom is 0.0928 e. The molecule has 16 heavy (non-hydrogen) atoms. The molecule has 0 aromatic heterocycles. The molecule has 0 heterocycles. The van der Waals surface area contributed by atoms with Gasteiger partial charge >= 0.3 is 0 Å². The SMILES string of the molecule is COCC(CNCC1CCC(N)CC1)OC. The molecule has 96 valence electrons. The molecule has 1 unspecified atom stereocenters. The molecule has 0 bridgehead atoms. The predicted octanol–water partition coefficient (Wildman–Crippen LogP) is 0.755. The van der Waals surface area contributed by atoms with E-state index in [-0.39, 0.29) is 6.10 Å². The van der Waals surface area contributed by atoms with Gasteiger partial charge in [-0.3, -0.25) is 0 Å². The standard InChI is InChI=1S/C12H26N2O2/c1-15-9-12(16-2)8-14-7-10-3-5-11(13)6-4-10/h10-12,14H,3-9,13H2,1-2H3. The van der Waals surface area contributed by atoms with Crippen LogP contribution in [0.25, 0.3) is 0 Å². The molecule has 4 nitrogen and oxygen atoms in total. The Kier molecular flexibility index (Phi) is 6.96. The van der Waals surface area contributed by atoms with Crippen LogP contribution in [0.15, 0.2) is 0 Å². The minimum absolute atomic E-state index is 0.163. The number of nitrogens with two attached hydrogens (primary N) is 1. The van der Waals surface area contributed by atoms with Gasteiger partial charge in [0.15, 0.2) is 0 Å². The van der Waals surface area contributed by atoms with Crippen LogP contribution >= 0.6 is 0 Å². The fourth-order valence-electron chi connectivity index (χ4n) is 2.24. The molecule has 0 amide bonds. The molecule has 1 saturated carbocycles. The van der Waals surface area contributed by atoms with E-state index in [0.29, 0.717) is 12.6 Å². The van der Waals surface area contributed by atoms with Crippen LogP contribution in [-0.2, 0) is 9.47 Å². The first-order valence-corrected chi connectivity index (χ1v) is 6.24. The van der Waals surface area contributed by atoms with Gasteiger partial charge in [0, 0.05) is 26.8 Å². The fraction of sp³-hybridized carbons (Fsp3) is 1.00. The van der Waals surface area contributed by atoms with Crippen molar-refractivity contribution in [1.82, 2.24) is 5.32 Å². The summed E-state index contributed by atoms with van der Waals surface area (Å²) in [5.41, 5.74) is 5.88. The smallest absolute Gasteiger partial charge is 0.0928 e. The number of rotatable bonds is 7. The average Bonchev–Trinajstić information content (AvgIpc) is 2.30. The zero-order chi connectivity index (χ0) is 11.8. The predicted molar refractivity (Wildman–Crippen MR) is 65.5 cm³/mol. The van der Waals surface area contributed by atoms with Crippen LogP contribution in [0.5, 0.6) is 0 Å². The van der Waals surface area contributed by atoms with Crippen LogP contribution in [0.2, 0.25) is 0 Å². The van der Waals surface area contributed by atoms with Crippen LogP contribution in [-0.4, -0.2) is 46.1 Å². The normalized spacial score (nSPS) is 27.9. The number of ether oxygens (including phenoxy) is 2. The number of hydrogen-bond donors (Lipinski definition) is 2. The molecule has 1 fully saturated rings. The van der Waals surface area contributed by atoms with Crippen molar-refractivity contribution in [3.8, 4) is 0 Å². The van der Waals surface area contributed by atoms with Crippen LogP contribution in [0.4, 0.5) is 0 Å². The molecule has 3 N–H and O–H groups in total. The molecule has 1 aliphatic rings. The van der Waals surface area contributed by atoms with E-state index in [0.717, 1.165) is 19.0 Å². The van der Waals surface area contributed by atoms with Gasteiger partial charge in [-0.25, -0.2) is 0 Å². The third-order valence-electron chi connectivity index (χ3n) is 3.38. The van der Waals surface area contributed by atoms with E-state index < -0.39 is 0 Å². The Labute approximate surface area is 98.9 Å². The third kappa shape index (κ3) is 5.25. The number of nitrogens with one attached hydrogen (secondary N) is 1. The third-order valence-corrected chi connectivity index (χ3v) is 3.38. The van der Waals surface area contributed by atoms with E-state index in [1.807, 2.05) is 0 Å². The van der Waals surface area contributed by atoms with Gasteiger partial charge in [0.2, 0.25) is 0 Å². The van der Waals surface area contributed by atoms with Crippen LogP contribution in [0.1, 0.15) is 25.7 Å². The van der Waals surface area contributed by atoms with Crippen molar-refractivity contribution < 1.29 is 9.47 Å². The van der Waals surface area contributed by atoms with E-state index in [9.17, 15) is 0 Å². The van der Waals surface area contributed by atoms with Gasteiger partial charge in [-0.05, 0) is 38.1 Å². The highest BCUT2D eigenvalue weighted by molar-refractivity contribution is 4.76. The minimum Gasteiger partial charge on any atom is -0.382 e. The van der Waals surface area contributed by atoms with E-state index in [4.69, 9.17) is 15.2 Å². The summed E-state index contributed by atoms with van der Waals surface area (Å²) in [7, 11) is 3.43. The van der Waals surface area contributed by atoms with Crippen molar-refractivity contribution in [2.45, 2.75) is 37.8 Å². The first-order valence-electron chi connectivity index (χ1n) is 6.24. The van der Waals surface area contributed by atoms with E-state index in [2.05, 4.69) is 5.32 Å². The number of hydrogen-bond acceptors (Lipinski definition) is 4. The Hall–Kier alpha value is -0.160. The second-order valence-corrected chi connectivity index (χ2v) is 4.75. The zero-order valence-corrected chi connectivity index (χ0v) is 10.6. The van der Waals surface area contributed by atoms with Crippen LogP contribution in [0.3, 0.4) is 0 Å². The van der Waals surface area contributed by atoms with Gasteiger partial charge in [-0.15, -0.1) is 0 Å². The maximum atomic E-state index is 5.88.